The highest BCUT2D eigenvalue weighted by molar-refractivity contribution is 5.36. The maximum Gasteiger partial charge on any atom is 0.115 e. The molecular weight excluding hydrogens is 186 g/mol. The van der Waals surface area contributed by atoms with Crippen LogP contribution >= 0.6 is 0 Å². The van der Waals surface area contributed by atoms with Gasteiger partial charge in [-0.05, 0) is 55.0 Å². The lowest BCUT2D eigenvalue weighted by Crippen LogP contribution is -2.12. The summed E-state index contributed by atoms with van der Waals surface area (Å²) in [7, 11) is 0. The van der Waals surface area contributed by atoms with E-state index < -0.39 is 0 Å². The van der Waals surface area contributed by atoms with Gasteiger partial charge in [0.05, 0.1) is 0 Å². The zero-order valence-electron chi connectivity index (χ0n) is 9.83. The molecule has 0 amide bonds. The van der Waals surface area contributed by atoms with E-state index in [2.05, 4.69) is 13.8 Å². The third-order valence-electron chi connectivity index (χ3n) is 3.22. The number of rotatable bonds is 4. The third kappa shape index (κ3) is 2.96. The Hall–Kier alpha value is -1.02. The van der Waals surface area contributed by atoms with Gasteiger partial charge in [-0.15, -0.1) is 0 Å². The molecule has 3 N–H and O–H groups in total. The number of hydrogen-bond acceptors (Lipinski definition) is 2. The van der Waals surface area contributed by atoms with Gasteiger partial charge in [0, 0.05) is 0 Å². The molecule has 2 heteroatoms. The van der Waals surface area contributed by atoms with Crippen molar-refractivity contribution in [3.63, 3.8) is 0 Å². The van der Waals surface area contributed by atoms with Crippen molar-refractivity contribution in [3.05, 3.63) is 29.3 Å². The van der Waals surface area contributed by atoms with E-state index in [1.165, 1.54) is 5.56 Å². The summed E-state index contributed by atoms with van der Waals surface area (Å²) < 4.78 is 0. The average Bonchev–Trinajstić information content (AvgIpc) is 2.17. The van der Waals surface area contributed by atoms with Crippen molar-refractivity contribution >= 4 is 0 Å². The summed E-state index contributed by atoms with van der Waals surface area (Å²) in [5, 5.41) is 9.34. The zero-order chi connectivity index (χ0) is 11.4. The van der Waals surface area contributed by atoms with Crippen LogP contribution in [0, 0.1) is 12.8 Å². The van der Waals surface area contributed by atoms with Crippen LogP contribution in [0.15, 0.2) is 18.2 Å². The quantitative estimate of drug-likeness (QED) is 0.797. The molecule has 0 radical (unpaired) electrons. The Morgan fingerprint density at radius 1 is 1.33 bits per heavy atom. The van der Waals surface area contributed by atoms with E-state index in [1.807, 2.05) is 19.1 Å². The molecule has 0 saturated carbocycles. The van der Waals surface area contributed by atoms with Crippen molar-refractivity contribution in [2.75, 3.05) is 6.54 Å². The van der Waals surface area contributed by atoms with Gasteiger partial charge >= 0.3 is 0 Å². The van der Waals surface area contributed by atoms with Crippen LogP contribution < -0.4 is 5.73 Å². The molecule has 2 atom stereocenters. The average molecular weight is 207 g/mol. The summed E-state index contributed by atoms with van der Waals surface area (Å²) in [6.45, 7) is 7.23. The second kappa shape index (κ2) is 5.17. The highest BCUT2D eigenvalue weighted by atomic mass is 16.3. The Morgan fingerprint density at radius 3 is 2.53 bits per heavy atom. The van der Waals surface area contributed by atoms with Crippen molar-refractivity contribution in [2.24, 2.45) is 11.7 Å². The second-order valence-corrected chi connectivity index (χ2v) is 4.38. The summed E-state index contributed by atoms with van der Waals surface area (Å²) in [5.41, 5.74) is 8.04. The highest BCUT2D eigenvalue weighted by Gasteiger charge is 2.15. The molecule has 0 heterocycles. The number of aromatic hydroxyl groups is 1. The summed E-state index contributed by atoms with van der Waals surface area (Å²) in [5.74, 6) is 1.42. The largest absolute Gasteiger partial charge is 0.508 e. The normalized spacial score (nSPS) is 14.9. The Morgan fingerprint density at radius 2 is 2.00 bits per heavy atom. The fourth-order valence-corrected chi connectivity index (χ4v) is 1.99. The standard InChI is InChI=1S/C13H21NO/c1-9(6-7-14)11(3)13-5-4-12(15)8-10(13)2/h4-5,8-9,11,15H,6-7,14H2,1-3H3. The van der Waals surface area contributed by atoms with E-state index in [-0.39, 0.29) is 0 Å². The van der Waals surface area contributed by atoms with Gasteiger partial charge in [-0.1, -0.05) is 19.9 Å². The molecule has 2 nitrogen and oxygen atoms in total. The van der Waals surface area contributed by atoms with Crippen LogP contribution in [0.3, 0.4) is 0 Å². The van der Waals surface area contributed by atoms with Gasteiger partial charge in [0.25, 0.3) is 0 Å². The van der Waals surface area contributed by atoms with Crippen LogP contribution in [0.25, 0.3) is 0 Å². The summed E-state index contributed by atoms with van der Waals surface area (Å²) >= 11 is 0. The van der Waals surface area contributed by atoms with Crippen molar-refractivity contribution in [2.45, 2.75) is 33.1 Å². The van der Waals surface area contributed by atoms with Crippen LogP contribution in [0.1, 0.15) is 37.3 Å². The van der Waals surface area contributed by atoms with Gasteiger partial charge in [0.15, 0.2) is 0 Å². The third-order valence-corrected chi connectivity index (χ3v) is 3.22. The van der Waals surface area contributed by atoms with Crippen LogP contribution in [-0.2, 0) is 0 Å². The Bertz CT molecular complexity index is 322. The Kier molecular flexibility index (Phi) is 4.15. The topological polar surface area (TPSA) is 46.2 Å². The van der Waals surface area contributed by atoms with Crippen molar-refractivity contribution in [3.8, 4) is 5.75 Å². The minimum absolute atomic E-state index is 0.343. The molecule has 0 aliphatic rings. The zero-order valence-corrected chi connectivity index (χ0v) is 9.83. The van der Waals surface area contributed by atoms with Gasteiger partial charge in [-0.25, -0.2) is 0 Å². The van der Waals surface area contributed by atoms with Gasteiger partial charge in [0.2, 0.25) is 0 Å². The van der Waals surface area contributed by atoms with E-state index >= 15 is 0 Å². The number of benzene rings is 1. The van der Waals surface area contributed by atoms with E-state index in [0.717, 1.165) is 18.5 Å². The monoisotopic (exact) mass is 207 g/mol. The molecule has 84 valence electrons. The molecule has 0 aliphatic heterocycles. The predicted molar refractivity (Wildman–Crippen MR) is 64.1 cm³/mol. The first kappa shape index (κ1) is 12.1. The van der Waals surface area contributed by atoms with Crippen LogP contribution in [0.2, 0.25) is 0 Å². The maximum absolute atomic E-state index is 9.34. The predicted octanol–water partition coefficient (Wildman–Crippen LogP) is 2.79. The van der Waals surface area contributed by atoms with Gasteiger partial charge in [-0.3, -0.25) is 0 Å². The first-order valence-electron chi connectivity index (χ1n) is 5.55. The molecule has 0 bridgehead atoms. The molecule has 0 saturated heterocycles. The number of aryl methyl sites for hydroxylation is 1. The van der Waals surface area contributed by atoms with Crippen LogP contribution in [-0.4, -0.2) is 11.7 Å². The lowest BCUT2D eigenvalue weighted by Gasteiger charge is -2.21. The fourth-order valence-electron chi connectivity index (χ4n) is 1.99. The molecule has 1 aromatic carbocycles. The van der Waals surface area contributed by atoms with Gasteiger partial charge in [-0.2, -0.15) is 0 Å². The van der Waals surface area contributed by atoms with E-state index in [4.69, 9.17) is 5.73 Å². The molecule has 15 heavy (non-hydrogen) atoms. The first-order valence-corrected chi connectivity index (χ1v) is 5.55. The SMILES string of the molecule is Cc1cc(O)ccc1C(C)C(C)CCN. The summed E-state index contributed by atoms with van der Waals surface area (Å²) in [4.78, 5) is 0. The summed E-state index contributed by atoms with van der Waals surface area (Å²) in [6, 6.07) is 5.59. The van der Waals surface area contributed by atoms with Crippen LogP contribution in [0.4, 0.5) is 0 Å². The molecule has 1 rings (SSSR count). The molecule has 1 aromatic rings. The van der Waals surface area contributed by atoms with Crippen LogP contribution in [0.5, 0.6) is 5.75 Å². The minimum Gasteiger partial charge on any atom is -0.508 e. The van der Waals surface area contributed by atoms with Crippen molar-refractivity contribution in [1.29, 1.82) is 0 Å². The van der Waals surface area contributed by atoms with Crippen molar-refractivity contribution < 1.29 is 5.11 Å². The van der Waals surface area contributed by atoms with Gasteiger partial charge < -0.3 is 10.8 Å². The fraction of sp³-hybridized carbons (Fsp3) is 0.538. The smallest absolute Gasteiger partial charge is 0.115 e. The number of phenolic OH excluding ortho intramolecular Hbond substituents is 1. The highest BCUT2D eigenvalue weighted by Crippen LogP contribution is 2.30. The summed E-state index contributed by atoms with van der Waals surface area (Å²) in [6.07, 6.45) is 1.04. The lowest BCUT2D eigenvalue weighted by molar-refractivity contribution is 0.454. The number of phenols is 1. The van der Waals surface area contributed by atoms with Crippen molar-refractivity contribution in [1.82, 2.24) is 0 Å². The molecular formula is C13H21NO. The molecule has 0 spiro atoms. The molecule has 0 aliphatic carbocycles. The first-order chi connectivity index (χ1) is 7.06. The molecule has 0 fully saturated rings. The van der Waals surface area contributed by atoms with E-state index in [9.17, 15) is 5.11 Å². The van der Waals surface area contributed by atoms with Gasteiger partial charge in [0.1, 0.15) is 5.75 Å². The Balaban J connectivity index is 2.86. The minimum atomic E-state index is 0.343. The number of hydrogen-bond donors (Lipinski definition) is 2. The lowest BCUT2D eigenvalue weighted by atomic mass is 9.84. The Labute approximate surface area is 92.1 Å². The van der Waals surface area contributed by atoms with E-state index in [0.29, 0.717) is 17.6 Å². The second-order valence-electron chi connectivity index (χ2n) is 4.38. The maximum atomic E-state index is 9.34. The van der Waals surface area contributed by atoms with E-state index in [1.54, 1.807) is 6.07 Å². The molecule has 0 aromatic heterocycles. The molecule has 2 unspecified atom stereocenters. The number of nitrogens with two attached hydrogens (primary N) is 1.